The van der Waals surface area contributed by atoms with E-state index in [2.05, 4.69) is 15.2 Å². The highest BCUT2D eigenvalue weighted by Crippen LogP contribution is 2.33. The molecule has 2 heterocycles. The number of carboxylic acids is 1. The molecule has 0 saturated carbocycles. The molecule has 2 aromatic heterocycles. The summed E-state index contributed by atoms with van der Waals surface area (Å²) in [6, 6.07) is 8.87. The van der Waals surface area contributed by atoms with Gasteiger partial charge in [0.05, 0.1) is 26.3 Å². The van der Waals surface area contributed by atoms with E-state index in [0.29, 0.717) is 34.3 Å². The zero-order chi connectivity index (χ0) is 18.7. The molecule has 0 fully saturated rings. The van der Waals surface area contributed by atoms with Crippen LogP contribution in [0.2, 0.25) is 0 Å². The van der Waals surface area contributed by atoms with Gasteiger partial charge in [0.2, 0.25) is 0 Å². The third kappa shape index (κ3) is 3.49. The number of fused-ring (bicyclic) bond motifs is 1. The molecule has 0 aliphatic carbocycles. The van der Waals surface area contributed by atoms with Crippen molar-refractivity contribution >= 4 is 23.1 Å². The van der Waals surface area contributed by atoms with E-state index in [-0.39, 0.29) is 6.42 Å². The molecule has 0 amide bonds. The number of hydrogen-bond acceptors (Lipinski definition) is 6. The van der Waals surface area contributed by atoms with Crippen molar-refractivity contribution in [3.63, 3.8) is 0 Å². The summed E-state index contributed by atoms with van der Waals surface area (Å²) in [7, 11) is 3.09. The highest BCUT2D eigenvalue weighted by atomic mass is 16.5. The average Bonchev–Trinajstić information content (AvgIpc) is 2.95. The lowest BCUT2D eigenvalue weighted by Crippen LogP contribution is -2.00. The van der Waals surface area contributed by atoms with E-state index in [4.69, 9.17) is 14.6 Å². The molecule has 0 aliphatic rings. The van der Waals surface area contributed by atoms with E-state index in [0.717, 1.165) is 5.56 Å². The van der Waals surface area contributed by atoms with Gasteiger partial charge in [-0.25, -0.2) is 4.98 Å². The fraction of sp³-hybridized carbons (Fsp3) is 0.222. The SMILES string of the molecule is COc1ccc(N=Nc2c(CC(=O)O)nc3ccc(C)cn23)c(OC)c1. The van der Waals surface area contributed by atoms with Crippen LogP contribution in [0.3, 0.4) is 0 Å². The van der Waals surface area contributed by atoms with Crippen molar-refractivity contribution in [2.75, 3.05) is 14.2 Å². The molecular formula is C18H18N4O4. The van der Waals surface area contributed by atoms with Gasteiger partial charge in [0.1, 0.15) is 22.8 Å². The molecule has 8 heteroatoms. The fourth-order valence-corrected chi connectivity index (χ4v) is 2.52. The number of pyridine rings is 1. The average molecular weight is 354 g/mol. The van der Waals surface area contributed by atoms with Crippen LogP contribution in [0.5, 0.6) is 11.5 Å². The van der Waals surface area contributed by atoms with E-state index in [1.807, 2.05) is 25.3 Å². The first-order valence-corrected chi connectivity index (χ1v) is 7.85. The summed E-state index contributed by atoms with van der Waals surface area (Å²) >= 11 is 0. The largest absolute Gasteiger partial charge is 0.497 e. The number of rotatable bonds is 6. The van der Waals surface area contributed by atoms with Gasteiger partial charge in [0.15, 0.2) is 5.82 Å². The quantitative estimate of drug-likeness (QED) is 0.681. The number of benzene rings is 1. The summed E-state index contributed by atoms with van der Waals surface area (Å²) in [6.07, 6.45) is 1.60. The number of imidazole rings is 1. The number of aliphatic carboxylic acids is 1. The second kappa shape index (κ2) is 7.22. The summed E-state index contributed by atoms with van der Waals surface area (Å²) in [6.45, 7) is 1.93. The van der Waals surface area contributed by atoms with Crippen molar-refractivity contribution in [3.05, 3.63) is 47.8 Å². The Morgan fingerprint density at radius 2 is 2.00 bits per heavy atom. The Balaban J connectivity index is 2.08. The predicted molar refractivity (Wildman–Crippen MR) is 95.0 cm³/mol. The topological polar surface area (TPSA) is 97.8 Å². The lowest BCUT2D eigenvalue weighted by Gasteiger charge is -2.06. The molecular weight excluding hydrogens is 336 g/mol. The third-order valence-corrected chi connectivity index (χ3v) is 3.77. The third-order valence-electron chi connectivity index (χ3n) is 3.77. The summed E-state index contributed by atoms with van der Waals surface area (Å²) in [5.74, 6) is 0.531. The first kappa shape index (κ1) is 17.4. The molecule has 1 N–H and O–H groups in total. The van der Waals surface area contributed by atoms with Crippen LogP contribution in [0.15, 0.2) is 46.8 Å². The molecule has 0 spiro atoms. The van der Waals surface area contributed by atoms with Crippen molar-refractivity contribution in [2.45, 2.75) is 13.3 Å². The zero-order valence-corrected chi connectivity index (χ0v) is 14.6. The monoisotopic (exact) mass is 354 g/mol. The second-order valence-electron chi connectivity index (χ2n) is 5.63. The van der Waals surface area contributed by atoms with Crippen LogP contribution in [0, 0.1) is 6.92 Å². The van der Waals surface area contributed by atoms with Gasteiger partial charge in [-0.3, -0.25) is 9.20 Å². The summed E-state index contributed by atoms with van der Waals surface area (Å²) in [4.78, 5) is 15.5. The highest BCUT2D eigenvalue weighted by Gasteiger charge is 2.15. The molecule has 0 radical (unpaired) electrons. The van der Waals surface area contributed by atoms with Gasteiger partial charge in [-0.15, -0.1) is 10.2 Å². The van der Waals surface area contributed by atoms with Crippen molar-refractivity contribution in [1.82, 2.24) is 9.38 Å². The second-order valence-corrected chi connectivity index (χ2v) is 5.63. The van der Waals surface area contributed by atoms with E-state index >= 15 is 0 Å². The number of hydrogen-bond donors (Lipinski definition) is 1. The molecule has 1 aromatic carbocycles. The van der Waals surface area contributed by atoms with Crippen molar-refractivity contribution in [2.24, 2.45) is 10.2 Å². The maximum atomic E-state index is 11.2. The number of aryl methyl sites for hydroxylation is 1. The van der Waals surface area contributed by atoms with Crippen LogP contribution < -0.4 is 9.47 Å². The minimum atomic E-state index is -0.983. The Kier molecular flexibility index (Phi) is 4.83. The van der Waals surface area contributed by atoms with Gasteiger partial charge in [-0.2, -0.15) is 0 Å². The predicted octanol–water partition coefficient (Wildman–Crippen LogP) is 3.70. The van der Waals surface area contributed by atoms with Crippen molar-refractivity contribution in [3.8, 4) is 11.5 Å². The van der Waals surface area contributed by atoms with Gasteiger partial charge in [0.25, 0.3) is 0 Å². The van der Waals surface area contributed by atoms with E-state index in [1.54, 1.807) is 29.7 Å². The van der Waals surface area contributed by atoms with Gasteiger partial charge in [-0.05, 0) is 30.7 Å². The highest BCUT2D eigenvalue weighted by molar-refractivity contribution is 5.72. The summed E-state index contributed by atoms with van der Waals surface area (Å²) in [5, 5.41) is 17.6. The molecule has 8 nitrogen and oxygen atoms in total. The number of carbonyl (C=O) groups is 1. The molecule has 0 unspecified atom stereocenters. The standard InChI is InChI=1S/C18H18N4O4/c1-11-4-7-16-19-14(9-17(23)24)18(22(16)10-11)21-20-13-6-5-12(25-2)8-15(13)26-3/h4-8,10H,9H2,1-3H3,(H,23,24). The molecule has 0 bridgehead atoms. The van der Waals surface area contributed by atoms with E-state index < -0.39 is 5.97 Å². The zero-order valence-electron chi connectivity index (χ0n) is 14.6. The molecule has 26 heavy (non-hydrogen) atoms. The normalized spacial score (nSPS) is 11.2. The summed E-state index contributed by atoms with van der Waals surface area (Å²) in [5.41, 5.74) is 2.45. The molecule has 3 rings (SSSR count). The van der Waals surface area contributed by atoms with Crippen LogP contribution in [-0.4, -0.2) is 34.7 Å². The lowest BCUT2D eigenvalue weighted by molar-refractivity contribution is -0.136. The number of aromatic nitrogens is 2. The Morgan fingerprint density at radius 3 is 2.69 bits per heavy atom. The number of azo groups is 1. The maximum Gasteiger partial charge on any atom is 0.309 e. The molecule has 0 saturated heterocycles. The van der Waals surface area contributed by atoms with Crippen LogP contribution in [0.25, 0.3) is 5.65 Å². The Morgan fingerprint density at radius 1 is 1.19 bits per heavy atom. The van der Waals surface area contributed by atoms with Gasteiger partial charge in [0, 0.05) is 12.3 Å². The maximum absolute atomic E-state index is 11.2. The minimum Gasteiger partial charge on any atom is -0.497 e. The molecule has 134 valence electrons. The van der Waals surface area contributed by atoms with Gasteiger partial charge >= 0.3 is 5.97 Å². The number of carboxylic acid groups (broad SMARTS) is 1. The fourth-order valence-electron chi connectivity index (χ4n) is 2.52. The first-order valence-electron chi connectivity index (χ1n) is 7.85. The first-order chi connectivity index (χ1) is 12.5. The Labute approximate surface area is 149 Å². The van der Waals surface area contributed by atoms with Crippen molar-refractivity contribution < 1.29 is 19.4 Å². The Hall–Kier alpha value is -3.42. The summed E-state index contributed by atoms with van der Waals surface area (Å²) < 4.78 is 12.2. The van der Waals surface area contributed by atoms with Gasteiger partial charge < -0.3 is 14.6 Å². The number of methoxy groups -OCH3 is 2. The van der Waals surface area contributed by atoms with E-state index in [9.17, 15) is 4.79 Å². The Bertz CT molecular complexity index is 994. The van der Waals surface area contributed by atoms with Crippen LogP contribution in [0.4, 0.5) is 11.5 Å². The van der Waals surface area contributed by atoms with Crippen LogP contribution in [0.1, 0.15) is 11.3 Å². The molecule has 0 aliphatic heterocycles. The van der Waals surface area contributed by atoms with Crippen LogP contribution in [-0.2, 0) is 11.2 Å². The smallest absolute Gasteiger partial charge is 0.309 e. The minimum absolute atomic E-state index is 0.241. The van der Waals surface area contributed by atoms with E-state index in [1.165, 1.54) is 7.11 Å². The van der Waals surface area contributed by atoms with Crippen molar-refractivity contribution in [1.29, 1.82) is 0 Å². The number of ether oxygens (including phenoxy) is 2. The number of nitrogens with zero attached hydrogens (tertiary/aromatic N) is 4. The van der Waals surface area contributed by atoms with Gasteiger partial charge in [-0.1, -0.05) is 6.07 Å². The molecule has 0 atom stereocenters. The lowest BCUT2D eigenvalue weighted by atomic mass is 10.3. The van der Waals surface area contributed by atoms with Crippen LogP contribution >= 0.6 is 0 Å². The molecule has 3 aromatic rings.